The van der Waals surface area contributed by atoms with Gasteiger partial charge in [0.05, 0.1) is 23.5 Å². The third kappa shape index (κ3) is 3.11. The van der Waals surface area contributed by atoms with Crippen molar-refractivity contribution in [3.63, 3.8) is 0 Å². The Balaban J connectivity index is 1.69. The molecule has 3 aromatic rings. The third-order valence-electron chi connectivity index (χ3n) is 5.73. The van der Waals surface area contributed by atoms with Crippen LogP contribution in [0.3, 0.4) is 0 Å². The number of fused-ring (bicyclic) bond motifs is 1. The van der Waals surface area contributed by atoms with E-state index < -0.39 is 17.7 Å². The monoisotopic (exact) mass is 448 g/mol. The molecular formula is C24H20N2O5S. The van der Waals surface area contributed by atoms with E-state index >= 15 is 0 Å². The van der Waals surface area contributed by atoms with Gasteiger partial charge in [-0.05, 0) is 41.8 Å². The second kappa shape index (κ2) is 7.72. The van der Waals surface area contributed by atoms with Crippen molar-refractivity contribution in [3.05, 3.63) is 76.0 Å². The molecule has 1 atom stereocenters. The highest BCUT2D eigenvalue weighted by molar-refractivity contribution is 7.10. The maximum absolute atomic E-state index is 13.2. The number of benzene rings is 2. The Hall–Kier alpha value is -3.78. The number of nitrogens with zero attached hydrogens (tertiary/aromatic N) is 2. The van der Waals surface area contributed by atoms with Crippen LogP contribution < -0.4 is 14.5 Å². The number of thiophene rings is 1. The highest BCUT2D eigenvalue weighted by atomic mass is 32.1. The minimum atomic E-state index is -0.853. The van der Waals surface area contributed by atoms with Crippen LogP contribution >= 0.6 is 11.3 Å². The van der Waals surface area contributed by atoms with Gasteiger partial charge in [-0.15, -0.1) is 11.3 Å². The van der Waals surface area contributed by atoms with Gasteiger partial charge in [0.25, 0.3) is 11.7 Å². The van der Waals surface area contributed by atoms with Crippen molar-refractivity contribution in [2.75, 3.05) is 30.0 Å². The molecule has 0 saturated carbocycles. The van der Waals surface area contributed by atoms with E-state index in [1.165, 1.54) is 22.3 Å². The number of hydrogen-bond acceptors (Lipinski definition) is 7. The lowest BCUT2D eigenvalue weighted by molar-refractivity contribution is -0.132. The van der Waals surface area contributed by atoms with Gasteiger partial charge in [-0.3, -0.25) is 14.5 Å². The summed E-state index contributed by atoms with van der Waals surface area (Å²) in [7, 11) is 1.92. The number of rotatable bonds is 3. The number of likely N-dealkylation sites (N-methyl/N-ethyl adjacent to an activating group) is 1. The van der Waals surface area contributed by atoms with E-state index in [0.29, 0.717) is 29.3 Å². The van der Waals surface area contributed by atoms with Crippen LogP contribution in [0, 0.1) is 0 Å². The van der Waals surface area contributed by atoms with Gasteiger partial charge in [0.15, 0.2) is 0 Å². The summed E-state index contributed by atoms with van der Waals surface area (Å²) in [5.41, 5.74) is 1.41. The van der Waals surface area contributed by atoms with E-state index in [9.17, 15) is 19.8 Å². The maximum Gasteiger partial charge on any atom is 0.300 e. The van der Waals surface area contributed by atoms with Gasteiger partial charge in [0, 0.05) is 17.5 Å². The predicted molar refractivity (Wildman–Crippen MR) is 122 cm³/mol. The number of para-hydroxylation sites is 2. The summed E-state index contributed by atoms with van der Waals surface area (Å²) in [5, 5.41) is 23.5. The molecule has 1 amide bonds. The number of ether oxygens (including phenoxy) is 1. The molecule has 2 aromatic carbocycles. The predicted octanol–water partition coefficient (Wildman–Crippen LogP) is 3.91. The lowest BCUT2D eigenvalue weighted by Gasteiger charge is -2.28. The molecule has 0 aliphatic carbocycles. The van der Waals surface area contributed by atoms with Crippen molar-refractivity contribution >= 4 is 40.2 Å². The first-order valence-corrected chi connectivity index (χ1v) is 11.0. The van der Waals surface area contributed by atoms with E-state index in [1.807, 2.05) is 23.4 Å². The Morgan fingerprint density at radius 2 is 1.91 bits per heavy atom. The summed E-state index contributed by atoms with van der Waals surface area (Å²) in [5.74, 6) is -1.29. The summed E-state index contributed by atoms with van der Waals surface area (Å²) in [6, 6.07) is 14.3. The van der Waals surface area contributed by atoms with Gasteiger partial charge in [0.1, 0.15) is 29.9 Å². The molecule has 162 valence electrons. The van der Waals surface area contributed by atoms with Crippen LogP contribution in [-0.2, 0) is 9.59 Å². The number of anilines is 2. The maximum atomic E-state index is 13.2. The van der Waals surface area contributed by atoms with E-state index in [2.05, 4.69) is 0 Å². The van der Waals surface area contributed by atoms with E-state index in [0.717, 1.165) is 5.69 Å². The fourth-order valence-electron chi connectivity index (χ4n) is 4.12. The van der Waals surface area contributed by atoms with Gasteiger partial charge in [0.2, 0.25) is 0 Å². The first-order valence-electron chi connectivity index (χ1n) is 10.1. The molecule has 7 nitrogen and oxygen atoms in total. The minimum absolute atomic E-state index is 0.0139. The van der Waals surface area contributed by atoms with Gasteiger partial charge in [-0.25, -0.2) is 0 Å². The third-order valence-corrected chi connectivity index (χ3v) is 6.65. The number of ketones is 1. The molecule has 8 heteroatoms. The molecule has 1 aromatic heterocycles. The zero-order valence-electron chi connectivity index (χ0n) is 17.2. The lowest BCUT2D eigenvalue weighted by atomic mass is 9.99. The van der Waals surface area contributed by atoms with Crippen LogP contribution in [0.25, 0.3) is 5.76 Å². The molecule has 32 heavy (non-hydrogen) atoms. The molecule has 2 N–H and O–H groups in total. The number of aromatic hydroxyl groups is 1. The second-order valence-electron chi connectivity index (χ2n) is 7.63. The normalized spacial score (nSPS) is 19.7. The molecule has 0 spiro atoms. The Kier molecular flexibility index (Phi) is 4.86. The summed E-state index contributed by atoms with van der Waals surface area (Å²) >= 11 is 1.37. The highest BCUT2D eigenvalue weighted by Crippen LogP contribution is 2.46. The van der Waals surface area contributed by atoms with Crippen molar-refractivity contribution in [1.29, 1.82) is 0 Å². The Bertz CT molecular complexity index is 1250. The second-order valence-corrected chi connectivity index (χ2v) is 8.61. The molecule has 5 rings (SSSR count). The van der Waals surface area contributed by atoms with Crippen LogP contribution in [0.1, 0.15) is 16.5 Å². The lowest BCUT2D eigenvalue weighted by Crippen LogP contribution is -2.29. The zero-order chi connectivity index (χ0) is 22.4. The largest absolute Gasteiger partial charge is 0.507 e. The Morgan fingerprint density at radius 3 is 2.66 bits per heavy atom. The molecule has 3 heterocycles. The molecular weight excluding hydrogens is 428 g/mol. The fraction of sp³-hybridized carbons (Fsp3) is 0.167. The average Bonchev–Trinajstić information content (AvgIpc) is 3.41. The average molecular weight is 449 g/mol. The molecule has 1 unspecified atom stereocenters. The van der Waals surface area contributed by atoms with Crippen molar-refractivity contribution in [2.24, 2.45) is 0 Å². The number of Topliss-reactive ketones (excluding diaryl/α,β-unsaturated/α-hetero) is 1. The summed E-state index contributed by atoms with van der Waals surface area (Å²) < 4.78 is 5.67. The van der Waals surface area contributed by atoms with Crippen LogP contribution in [0.15, 0.2) is 65.6 Å². The molecule has 2 aliphatic heterocycles. The van der Waals surface area contributed by atoms with Gasteiger partial charge >= 0.3 is 0 Å². The van der Waals surface area contributed by atoms with Crippen molar-refractivity contribution in [1.82, 2.24) is 0 Å². The molecule has 0 bridgehead atoms. The highest BCUT2D eigenvalue weighted by Gasteiger charge is 2.48. The van der Waals surface area contributed by atoms with Gasteiger partial charge in [-0.2, -0.15) is 0 Å². The smallest absolute Gasteiger partial charge is 0.300 e. The number of phenols is 1. The molecule has 1 saturated heterocycles. The van der Waals surface area contributed by atoms with Gasteiger partial charge < -0.3 is 19.8 Å². The number of carbonyl (C=O) groups is 2. The van der Waals surface area contributed by atoms with Crippen LogP contribution in [0.5, 0.6) is 11.5 Å². The summed E-state index contributed by atoms with van der Waals surface area (Å²) in [4.78, 5) is 30.2. The van der Waals surface area contributed by atoms with Crippen LogP contribution in [0.2, 0.25) is 0 Å². The number of amides is 1. The molecule has 1 fully saturated rings. The zero-order valence-corrected chi connectivity index (χ0v) is 18.0. The first kappa shape index (κ1) is 20.1. The first-order chi connectivity index (χ1) is 15.5. The van der Waals surface area contributed by atoms with E-state index in [1.54, 1.807) is 42.5 Å². The standard InChI is InChI=1S/C24H20N2O5S/c1-25-10-11-31-18-9-8-14(13-16(18)25)22(28)20-21(19-7-4-12-32-19)26(24(30)23(20)29)15-5-2-3-6-17(15)27/h2-9,12-13,21,27-28H,10-11H2,1H3/b22-20-. The SMILES string of the molecule is CN1CCOc2ccc(/C(O)=C3/C(=O)C(=O)N(c4ccccc4O)C3c3cccs3)cc21. The van der Waals surface area contributed by atoms with Crippen molar-refractivity contribution in [3.8, 4) is 11.5 Å². The number of phenolic OH excluding ortho intramolecular Hbond substituents is 1. The van der Waals surface area contributed by atoms with Gasteiger partial charge in [-0.1, -0.05) is 18.2 Å². The Morgan fingerprint density at radius 1 is 1.09 bits per heavy atom. The summed E-state index contributed by atoms with van der Waals surface area (Å²) in [6.45, 7) is 1.27. The topological polar surface area (TPSA) is 90.3 Å². The summed E-state index contributed by atoms with van der Waals surface area (Å²) in [6.07, 6.45) is 0. The quantitative estimate of drug-likeness (QED) is 0.359. The number of aliphatic hydroxyl groups is 1. The minimum Gasteiger partial charge on any atom is -0.507 e. The molecule has 0 radical (unpaired) electrons. The van der Waals surface area contributed by atoms with E-state index in [4.69, 9.17) is 4.74 Å². The molecule has 2 aliphatic rings. The van der Waals surface area contributed by atoms with Crippen LogP contribution in [-0.4, -0.2) is 42.1 Å². The fourth-order valence-corrected chi connectivity index (χ4v) is 4.94. The van der Waals surface area contributed by atoms with Crippen LogP contribution in [0.4, 0.5) is 11.4 Å². The number of hydrogen-bond donors (Lipinski definition) is 2. The van der Waals surface area contributed by atoms with Crippen molar-refractivity contribution in [2.45, 2.75) is 6.04 Å². The van der Waals surface area contributed by atoms with Crippen molar-refractivity contribution < 1.29 is 24.5 Å². The Labute approximate surface area is 188 Å². The number of aliphatic hydroxyl groups excluding tert-OH is 1. The van der Waals surface area contributed by atoms with E-state index in [-0.39, 0.29) is 22.8 Å². The number of carbonyl (C=O) groups excluding carboxylic acids is 2.